The van der Waals surface area contributed by atoms with Gasteiger partial charge in [0.05, 0.1) is 20.3 Å². The van der Waals surface area contributed by atoms with E-state index in [1.165, 1.54) is 5.56 Å². The van der Waals surface area contributed by atoms with Crippen molar-refractivity contribution in [2.75, 3.05) is 40.9 Å². The Kier molecular flexibility index (Phi) is 11.7. The minimum Gasteiger partial charge on any atom is -0.493 e. The number of nitrogens with one attached hydrogen (secondary N) is 2. The number of carbonyl (C=O) groups is 1. The van der Waals surface area contributed by atoms with Crippen LogP contribution in [0.3, 0.4) is 0 Å². The number of carbonyl (C=O) groups excluding carboxylic acids is 1. The van der Waals surface area contributed by atoms with Crippen LogP contribution in [0.15, 0.2) is 53.5 Å². The molecule has 9 nitrogen and oxygen atoms in total. The van der Waals surface area contributed by atoms with Crippen LogP contribution in [0.5, 0.6) is 11.5 Å². The van der Waals surface area contributed by atoms with E-state index in [9.17, 15) is 4.79 Å². The second-order valence-corrected chi connectivity index (χ2v) is 10.4. The molecular formula is C29H44N6O3. The molecule has 1 amide bonds. The summed E-state index contributed by atoms with van der Waals surface area (Å²) in [4.78, 5) is 22.1. The summed E-state index contributed by atoms with van der Waals surface area (Å²) in [6.45, 7) is 8.29. The predicted molar refractivity (Wildman–Crippen MR) is 151 cm³/mol. The first kappa shape index (κ1) is 30.8. The first-order chi connectivity index (χ1) is 18.2. The molecule has 3 rings (SSSR count). The Morgan fingerprint density at radius 3 is 2.26 bits per heavy atom. The molecule has 1 fully saturated rings. The van der Waals surface area contributed by atoms with Gasteiger partial charge in [-0.3, -0.25) is 14.7 Å². The standard InChI is InChI=1S/C29H42N4O3.H2N2/c1-29(2,3)32(4)28(34)22-16-19-33(20-17-22)25(23-13-10-14-24(35-5)26(23)36-6)27(30)31-18-15-21-11-8-7-9-12-21;1-2/h7-14,22,25H,15-20H2,1-6H3,(H2,30,31);1-2H. The maximum Gasteiger partial charge on any atom is 0.225 e. The number of hydrogen-bond donors (Lipinski definition) is 3. The fourth-order valence-corrected chi connectivity index (χ4v) is 4.72. The van der Waals surface area contributed by atoms with Gasteiger partial charge < -0.3 is 20.1 Å². The minimum atomic E-state index is -0.262. The summed E-state index contributed by atoms with van der Waals surface area (Å²) in [5.74, 6) is 2.09. The molecule has 0 aliphatic carbocycles. The summed E-state index contributed by atoms with van der Waals surface area (Å²) in [5.41, 5.74) is 18.7. The zero-order valence-electron chi connectivity index (χ0n) is 23.7. The Morgan fingerprint density at radius 2 is 1.71 bits per heavy atom. The number of amidine groups is 1. The number of amides is 1. The highest BCUT2D eigenvalue weighted by Crippen LogP contribution is 2.38. The van der Waals surface area contributed by atoms with Crippen molar-refractivity contribution in [1.29, 1.82) is 11.1 Å². The molecule has 1 aliphatic rings. The lowest BCUT2D eigenvalue weighted by molar-refractivity contribution is -0.140. The van der Waals surface area contributed by atoms with Crippen molar-refractivity contribution < 1.29 is 14.3 Å². The number of benzene rings is 2. The summed E-state index contributed by atoms with van der Waals surface area (Å²) in [7, 11) is 5.18. The third-order valence-electron chi connectivity index (χ3n) is 7.13. The maximum absolute atomic E-state index is 13.1. The highest BCUT2D eigenvalue weighted by atomic mass is 16.5. The average molecular weight is 525 g/mol. The van der Waals surface area contributed by atoms with Crippen molar-refractivity contribution in [3.05, 3.63) is 59.7 Å². The number of rotatable bonds is 9. The molecule has 2 aromatic carbocycles. The van der Waals surface area contributed by atoms with Gasteiger partial charge in [0.25, 0.3) is 0 Å². The number of nitrogens with two attached hydrogens (primary N) is 1. The van der Waals surface area contributed by atoms with Crippen LogP contribution >= 0.6 is 0 Å². The average Bonchev–Trinajstić information content (AvgIpc) is 2.93. The molecule has 1 heterocycles. The molecular weight excluding hydrogens is 480 g/mol. The van der Waals surface area contributed by atoms with Gasteiger partial charge in [0.2, 0.25) is 5.91 Å². The normalized spacial score (nSPS) is 15.7. The molecule has 0 saturated carbocycles. The van der Waals surface area contributed by atoms with E-state index in [1.807, 2.05) is 48.3 Å². The fourth-order valence-electron chi connectivity index (χ4n) is 4.72. The Balaban J connectivity index is 0.00000247. The number of hydrogen-bond acceptors (Lipinski definition) is 7. The van der Waals surface area contributed by atoms with E-state index >= 15 is 0 Å². The number of para-hydroxylation sites is 1. The van der Waals surface area contributed by atoms with Crippen molar-refractivity contribution in [2.45, 2.75) is 51.6 Å². The van der Waals surface area contributed by atoms with E-state index in [0.717, 1.165) is 37.9 Å². The van der Waals surface area contributed by atoms with Crippen molar-refractivity contribution >= 4 is 11.7 Å². The topological polar surface area (TPSA) is 128 Å². The van der Waals surface area contributed by atoms with Gasteiger partial charge >= 0.3 is 0 Å². The van der Waals surface area contributed by atoms with Gasteiger partial charge in [-0.2, -0.15) is 0 Å². The van der Waals surface area contributed by atoms with Gasteiger partial charge in [0, 0.05) is 30.6 Å². The van der Waals surface area contributed by atoms with Crippen molar-refractivity contribution in [3.63, 3.8) is 0 Å². The number of ether oxygens (including phenoxy) is 2. The number of likely N-dealkylation sites (tertiary alicyclic amines) is 1. The smallest absolute Gasteiger partial charge is 0.225 e. The minimum absolute atomic E-state index is 0.00886. The third kappa shape index (κ3) is 7.77. The third-order valence-corrected chi connectivity index (χ3v) is 7.13. The molecule has 1 saturated heterocycles. The van der Waals surface area contributed by atoms with Crippen LogP contribution < -0.4 is 15.2 Å². The predicted octanol–water partition coefficient (Wildman–Crippen LogP) is 4.91. The quantitative estimate of drug-likeness (QED) is 0.244. The van der Waals surface area contributed by atoms with Crippen molar-refractivity contribution in [1.82, 2.24) is 9.80 Å². The molecule has 0 bridgehead atoms. The van der Waals surface area contributed by atoms with Crippen LogP contribution in [0.2, 0.25) is 0 Å². The Hall–Kier alpha value is -3.46. The van der Waals surface area contributed by atoms with Gasteiger partial charge in [-0.05, 0) is 64.8 Å². The Labute approximate surface area is 227 Å². The molecule has 38 heavy (non-hydrogen) atoms. The Morgan fingerprint density at radius 1 is 1.08 bits per heavy atom. The Bertz CT molecular complexity index is 1050. The molecule has 208 valence electrons. The van der Waals surface area contributed by atoms with Gasteiger partial charge in [-0.1, -0.05) is 42.5 Å². The summed E-state index contributed by atoms with van der Waals surface area (Å²) < 4.78 is 11.3. The second kappa shape index (κ2) is 14.5. The molecule has 4 N–H and O–H groups in total. The van der Waals surface area contributed by atoms with Gasteiger partial charge in [-0.15, -0.1) is 0 Å². The second-order valence-electron chi connectivity index (χ2n) is 10.4. The number of aliphatic imine (C=N–C) groups is 1. The van der Waals surface area contributed by atoms with E-state index in [0.29, 0.717) is 23.9 Å². The molecule has 0 radical (unpaired) electrons. The van der Waals surface area contributed by atoms with Crippen LogP contribution in [-0.4, -0.2) is 68.0 Å². The fraction of sp³-hybridized carbons (Fsp3) is 0.517. The van der Waals surface area contributed by atoms with E-state index in [4.69, 9.17) is 31.3 Å². The molecule has 1 atom stereocenters. The SMILES string of the molecule is COc1cccc(C(C(N)=NCCc2ccccc2)N2CCC(C(=O)N(C)C(C)(C)C)CC2)c1OC.N=N. The van der Waals surface area contributed by atoms with Gasteiger partial charge in [0.1, 0.15) is 5.84 Å². The molecule has 1 aliphatic heterocycles. The van der Waals surface area contributed by atoms with Crippen LogP contribution in [0, 0.1) is 17.0 Å². The zero-order valence-corrected chi connectivity index (χ0v) is 23.7. The molecule has 9 heteroatoms. The van der Waals surface area contributed by atoms with Gasteiger partial charge in [-0.25, -0.2) is 11.1 Å². The van der Waals surface area contributed by atoms with Gasteiger partial charge in [0.15, 0.2) is 11.5 Å². The first-order valence-corrected chi connectivity index (χ1v) is 13.0. The molecule has 0 spiro atoms. The first-order valence-electron chi connectivity index (χ1n) is 13.0. The molecule has 2 aromatic rings. The lowest BCUT2D eigenvalue weighted by Gasteiger charge is -2.40. The van der Waals surface area contributed by atoms with Crippen LogP contribution in [0.1, 0.15) is 50.8 Å². The number of piperidine rings is 1. The molecule has 0 aromatic heterocycles. The number of nitrogens with zero attached hydrogens (tertiary/aromatic N) is 3. The van der Waals surface area contributed by atoms with Crippen LogP contribution in [0.4, 0.5) is 0 Å². The van der Waals surface area contributed by atoms with Crippen LogP contribution in [-0.2, 0) is 11.2 Å². The number of methoxy groups -OCH3 is 2. The highest BCUT2D eigenvalue weighted by Gasteiger charge is 2.35. The highest BCUT2D eigenvalue weighted by molar-refractivity contribution is 5.88. The monoisotopic (exact) mass is 524 g/mol. The maximum atomic E-state index is 13.1. The lowest BCUT2D eigenvalue weighted by Crippen LogP contribution is -2.49. The summed E-state index contributed by atoms with van der Waals surface area (Å²) in [5, 5.41) is 0. The summed E-state index contributed by atoms with van der Waals surface area (Å²) in [6, 6.07) is 15.9. The van der Waals surface area contributed by atoms with Crippen molar-refractivity contribution in [3.8, 4) is 11.5 Å². The van der Waals surface area contributed by atoms with E-state index < -0.39 is 0 Å². The lowest BCUT2D eigenvalue weighted by atomic mass is 9.91. The van der Waals surface area contributed by atoms with Crippen molar-refractivity contribution in [2.24, 2.45) is 16.6 Å². The van der Waals surface area contributed by atoms with E-state index in [2.05, 4.69) is 37.8 Å². The summed E-state index contributed by atoms with van der Waals surface area (Å²) >= 11 is 0. The van der Waals surface area contributed by atoms with E-state index in [-0.39, 0.29) is 23.4 Å². The largest absolute Gasteiger partial charge is 0.493 e. The molecule has 1 unspecified atom stereocenters. The summed E-state index contributed by atoms with van der Waals surface area (Å²) in [6.07, 6.45) is 2.37. The van der Waals surface area contributed by atoms with Crippen LogP contribution in [0.25, 0.3) is 0 Å². The van der Waals surface area contributed by atoms with E-state index in [1.54, 1.807) is 14.2 Å². The zero-order chi connectivity index (χ0) is 28.3.